The van der Waals surface area contributed by atoms with Gasteiger partial charge in [0.15, 0.2) is 0 Å². The number of ketones is 1. The standard InChI is InChI=1S/C11H13NO7/c13-7(11(18)19)3-1-2-6(10(16)17)12-8(14)4-5-9(12)15/h6H,1-5H2,(H,16,17)(H,18,19). The molecule has 2 N–H and O–H groups in total. The molecule has 1 atom stereocenters. The second-order valence-corrected chi connectivity index (χ2v) is 4.13. The average molecular weight is 271 g/mol. The number of imide groups is 1. The van der Waals surface area contributed by atoms with E-state index in [1.807, 2.05) is 0 Å². The van der Waals surface area contributed by atoms with E-state index in [4.69, 9.17) is 10.2 Å². The molecule has 0 saturated carbocycles. The average Bonchev–Trinajstić information content (AvgIpc) is 2.64. The van der Waals surface area contributed by atoms with Crippen LogP contribution in [0.2, 0.25) is 0 Å². The van der Waals surface area contributed by atoms with Gasteiger partial charge in [-0.2, -0.15) is 0 Å². The summed E-state index contributed by atoms with van der Waals surface area (Å²) < 4.78 is 0. The molecule has 0 aliphatic carbocycles. The van der Waals surface area contributed by atoms with Gasteiger partial charge in [0.25, 0.3) is 0 Å². The van der Waals surface area contributed by atoms with Crippen LogP contribution in [0.25, 0.3) is 0 Å². The number of likely N-dealkylation sites (tertiary alicyclic amines) is 1. The Hall–Kier alpha value is -2.25. The molecule has 2 amide bonds. The van der Waals surface area contributed by atoms with Gasteiger partial charge in [-0.05, 0) is 12.8 Å². The zero-order valence-electron chi connectivity index (χ0n) is 10.00. The summed E-state index contributed by atoms with van der Waals surface area (Å²) >= 11 is 0. The number of carbonyl (C=O) groups is 5. The number of hydrogen-bond donors (Lipinski definition) is 2. The van der Waals surface area contributed by atoms with Crippen molar-refractivity contribution in [1.29, 1.82) is 0 Å². The Kier molecular flexibility index (Phi) is 4.74. The number of rotatable bonds is 7. The van der Waals surface area contributed by atoms with Gasteiger partial charge >= 0.3 is 11.9 Å². The van der Waals surface area contributed by atoms with Gasteiger partial charge in [0, 0.05) is 19.3 Å². The maximum Gasteiger partial charge on any atom is 0.372 e. The monoisotopic (exact) mass is 271 g/mol. The first-order chi connectivity index (χ1) is 8.84. The number of carbonyl (C=O) groups excluding carboxylic acids is 3. The number of hydrogen-bond acceptors (Lipinski definition) is 5. The lowest BCUT2D eigenvalue weighted by atomic mass is 10.1. The van der Waals surface area contributed by atoms with E-state index < -0.39 is 35.6 Å². The van der Waals surface area contributed by atoms with Crippen molar-refractivity contribution in [1.82, 2.24) is 4.90 Å². The van der Waals surface area contributed by atoms with Crippen LogP contribution in [0.4, 0.5) is 0 Å². The second kappa shape index (κ2) is 6.07. The SMILES string of the molecule is O=C(O)C(=O)CCCC(C(=O)O)N1C(=O)CCC1=O. The molecule has 1 unspecified atom stereocenters. The summed E-state index contributed by atoms with van der Waals surface area (Å²) in [6.07, 6.45) is -0.506. The van der Waals surface area contributed by atoms with Gasteiger partial charge in [-0.25, -0.2) is 9.59 Å². The first kappa shape index (κ1) is 14.8. The molecule has 104 valence electrons. The van der Waals surface area contributed by atoms with E-state index >= 15 is 0 Å². The number of carboxylic acids is 2. The van der Waals surface area contributed by atoms with Crippen LogP contribution in [0.3, 0.4) is 0 Å². The van der Waals surface area contributed by atoms with Gasteiger partial charge in [-0.15, -0.1) is 0 Å². The number of amides is 2. The van der Waals surface area contributed by atoms with Crippen molar-refractivity contribution in [2.45, 2.75) is 38.1 Å². The van der Waals surface area contributed by atoms with Crippen molar-refractivity contribution in [2.75, 3.05) is 0 Å². The maximum atomic E-state index is 11.4. The Labute approximate surface area is 108 Å². The Morgan fingerprint density at radius 3 is 2.05 bits per heavy atom. The summed E-state index contributed by atoms with van der Waals surface area (Å²) in [5.41, 5.74) is 0. The van der Waals surface area contributed by atoms with Crippen molar-refractivity contribution in [3.05, 3.63) is 0 Å². The smallest absolute Gasteiger partial charge is 0.372 e. The van der Waals surface area contributed by atoms with Crippen molar-refractivity contribution in [3.63, 3.8) is 0 Å². The molecule has 8 nitrogen and oxygen atoms in total. The van der Waals surface area contributed by atoms with Crippen molar-refractivity contribution in [2.24, 2.45) is 0 Å². The molecule has 1 aliphatic heterocycles. The summed E-state index contributed by atoms with van der Waals surface area (Å²) in [6, 6.07) is -1.33. The number of aliphatic carboxylic acids is 2. The molecule has 1 saturated heterocycles. The molecule has 1 heterocycles. The zero-order chi connectivity index (χ0) is 14.6. The Morgan fingerprint density at radius 1 is 1.11 bits per heavy atom. The molecule has 19 heavy (non-hydrogen) atoms. The second-order valence-electron chi connectivity index (χ2n) is 4.13. The van der Waals surface area contributed by atoms with E-state index in [0.29, 0.717) is 4.90 Å². The van der Waals surface area contributed by atoms with Crippen LogP contribution in [-0.2, 0) is 24.0 Å². The number of nitrogens with zero attached hydrogens (tertiary/aromatic N) is 1. The topological polar surface area (TPSA) is 129 Å². The molecule has 1 aliphatic rings. The molecular weight excluding hydrogens is 258 g/mol. The van der Waals surface area contributed by atoms with Crippen molar-refractivity contribution < 1.29 is 34.2 Å². The summed E-state index contributed by atoms with van der Waals surface area (Å²) in [5, 5.41) is 17.4. The lowest BCUT2D eigenvalue weighted by Gasteiger charge is -2.22. The van der Waals surface area contributed by atoms with Gasteiger partial charge in [-0.3, -0.25) is 19.3 Å². The van der Waals surface area contributed by atoms with Crippen LogP contribution in [-0.4, -0.2) is 50.7 Å². The highest BCUT2D eigenvalue weighted by Crippen LogP contribution is 2.19. The largest absolute Gasteiger partial charge is 0.480 e. The lowest BCUT2D eigenvalue weighted by molar-refractivity contribution is -0.154. The van der Waals surface area contributed by atoms with E-state index in [-0.39, 0.29) is 32.1 Å². The normalized spacial score (nSPS) is 16.5. The summed E-state index contributed by atoms with van der Waals surface area (Å²) in [5.74, 6) is -5.06. The van der Waals surface area contributed by atoms with E-state index in [1.165, 1.54) is 0 Å². The van der Waals surface area contributed by atoms with Gasteiger partial charge in [0.1, 0.15) is 6.04 Å². The number of carboxylic acid groups (broad SMARTS) is 2. The van der Waals surface area contributed by atoms with Gasteiger partial charge in [0.05, 0.1) is 0 Å². The first-order valence-corrected chi connectivity index (χ1v) is 5.68. The van der Waals surface area contributed by atoms with Crippen LogP contribution >= 0.6 is 0 Å². The molecule has 8 heteroatoms. The van der Waals surface area contributed by atoms with Crippen LogP contribution in [0.1, 0.15) is 32.1 Å². The third-order valence-corrected chi connectivity index (χ3v) is 2.81. The lowest BCUT2D eigenvalue weighted by Crippen LogP contribution is -2.44. The predicted octanol–water partition coefficient (Wildman–Crippen LogP) is -0.587. The zero-order valence-corrected chi connectivity index (χ0v) is 10.00. The Morgan fingerprint density at radius 2 is 1.63 bits per heavy atom. The van der Waals surface area contributed by atoms with E-state index in [1.54, 1.807) is 0 Å². The van der Waals surface area contributed by atoms with E-state index in [2.05, 4.69) is 0 Å². The van der Waals surface area contributed by atoms with Crippen LogP contribution < -0.4 is 0 Å². The van der Waals surface area contributed by atoms with Crippen LogP contribution in [0.15, 0.2) is 0 Å². The minimum Gasteiger partial charge on any atom is -0.480 e. The molecule has 0 bridgehead atoms. The molecule has 1 fully saturated rings. The molecule has 0 aromatic carbocycles. The first-order valence-electron chi connectivity index (χ1n) is 5.68. The van der Waals surface area contributed by atoms with Gasteiger partial charge < -0.3 is 10.2 Å². The fourth-order valence-electron chi connectivity index (χ4n) is 1.87. The molecule has 1 rings (SSSR count). The summed E-state index contributed by atoms with van der Waals surface area (Å²) in [4.78, 5) is 55.7. The highest BCUT2D eigenvalue weighted by atomic mass is 16.4. The summed E-state index contributed by atoms with van der Waals surface area (Å²) in [6.45, 7) is 0. The molecule has 0 aromatic rings. The molecular formula is C11H13NO7. The number of Topliss-reactive ketones (excluding diaryl/α,β-unsaturated/α-hetero) is 1. The molecule has 0 spiro atoms. The van der Waals surface area contributed by atoms with Gasteiger partial charge in [-0.1, -0.05) is 0 Å². The van der Waals surface area contributed by atoms with E-state index in [9.17, 15) is 24.0 Å². The maximum absolute atomic E-state index is 11.4. The predicted molar refractivity (Wildman–Crippen MR) is 59.0 cm³/mol. The van der Waals surface area contributed by atoms with Crippen LogP contribution in [0, 0.1) is 0 Å². The highest BCUT2D eigenvalue weighted by Gasteiger charge is 2.38. The van der Waals surface area contributed by atoms with Gasteiger partial charge in [0.2, 0.25) is 17.6 Å². The third-order valence-electron chi connectivity index (χ3n) is 2.81. The van der Waals surface area contributed by atoms with E-state index in [0.717, 1.165) is 0 Å². The molecule has 0 aromatic heterocycles. The Balaban J connectivity index is 2.62. The van der Waals surface area contributed by atoms with Crippen LogP contribution in [0.5, 0.6) is 0 Å². The summed E-state index contributed by atoms with van der Waals surface area (Å²) in [7, 11) is 0. The molecule has 0 radical (unpaired) electrons. The fourth-order valence-corrected chi connectivity index (χ4v) is 1.87. The minimum atomic E-state index is -1.58. The van der Waals surface area contributed by atoms with Crippen molar-refractivity contribution >= 4 is 29.5 Å². The quantitative estimate of drug-likeness (QED) is 0.467. The minimum absolute atomic E-state index is 0.0147. The van der Waals surface area contributed by atoms with Crippen molar-refractivity contribution in [3.8, 4) is 0 Å². The third kappa shape index (κ3) is 3.60. The fraction of sp³-hybridized carbons (Fsp3) is 0.545. The Bertz CT molecular complexity index is 426. The highest BCUT2D eigenvalue weighted by molar-refractivity contribution is 6.32.